The van der Waals surface area contributed by atoms with Crippen molar-refractivity contribution in [1.82, 2.24) is 14.9 Å². The van der Waals surface area contributed by atoms with E-state index in [4.69, 9.17) is 10.5 Å². The van der Waals surface area contributed by atoms with Crippen LogP contribution in [0.1, 0.15) is 30.1 Å². The number of amides is 1. The van der Waals surface area contributed by atoms with Crippen LogP contribution < -0.4 is 10.5 Å². The van der Waals surface area contributed by atoms with E-state index in [1.165, 1.54) is 6.20 Å². The first-order valence-corrected chi connectivity index (χ1v) is 8.24. The Labute approximate surface area is 141 Å². The highest BCUT2D eigenvalue weighted by atomic mass is 16.5. The van der Waals surface area contributed by atoms with Crippen LogP contribution in [-0.4, -0.2) is 39.9 Å². The lowest BCUT2D eigenvalue weighted by Gasteiger charge is -2.39. The minimum atomic E-state index is 0.00148. The smallest absolute Gasteiger partial charge is 0.254 e. The normalized spacial score (nSPS) is 20.7. The van der Waals surface area contributed by atoms with Gasteiger partial charge in [0.15, 0.2) is 0 Å². The van der Waals surface area contributed by atoms with Gasteiger partial charge in [-0.1, -0.05) is 13.0 Å². The summed E-state index contributed by atoms with van der Waals surface area (Å²) in [4.78, 5) is 22.8. The first-order chi connectivity index (χ1) is 11.7. The minimum absolute atomic E-state index is 0.00148. The Bertz CT molecular complexity index is 692. The van der Waals surface area contributed by atoms with E-state index in [0.29, 0.717) is 29.7 Å². The molecule has 2 atom stereocenters. The maximum absolute atomic E-state index is 12.9. The van der Waals surface area contributed by atoms with Crippen molar-refractivity contribution in [3.05, 3.63) is 48.4 Å². The van der Waals surface area contributed by atoms with Gasteiger partial charge in [0, 0.05) is 37.1 Å². The molecule has 6 heteroatoms. The summed E-state index contributed by atoms with van der Waals surface area (Å²) in [6.45, 7) is 3.40. The molecule has 2 heterocycles. The van der Waals surface area contributed by atoms with Gasteiger partial charge in [-0.15, -0.1) is 0 Å². The molecule has 3 rings (SSSR count). The third kappa shape index (κ3) is 3.54. The number of hydrogen-bond donors (Lipinski definition) is 1. The van der Waals surface area contributed by atoms with Gasteiger partial charge in [-0.05, 0) is 37.0 Å². The van der Waals surface area contributed by atoms with Crippen LogP contribution in [0.15, 0.2) is 42.9 Å². The first-order valence-electron chi connectivity index (χ1n) is 8.24. The highest BCUT2D eigenvalue weighted by Crippen LogP contribution is 2.26. The van der Waals surface area contributed by atoms with Crippen molar-refractivity contribution in [2.24, 2.45) is 11.7 Å². The minimum Gasteiger partial charge on any atom is -0.437 e. The van der Waals surface area contributed by atoms with Crippen molar-refractivity contribution >= 4 is 5.91 Å². The lowest BCUT2D eigenvalue weighted by atomic mass is 9.90. The molecule has 24 heavy (non-hydrogen) atoms. The van der Waals surface area contributed by atoms with Gasteiger partial charge in [-0.2, -0.15) is 0 Å². The van der Waals surface area contributed by atoms with Crippen molar-refractivity contribution < 1.29 is 9.53 Å². The number of aromatic nitrogens is 2. The Morgan fingerprint density at radius 2 is 2.29 bits per heavy atom. The number of rotatable bonds is 4. The lowest BCUT2D eigenvalue weighted by molar-refractivity contribution is 0.0532. The SMILES string of the molecule is C[C@@H]1CCCN(C(=O)c2cccc(Oc3cnccn3)c2)[C@@H]1CN. The lowest BCUT2D eigenvalue weighted by Crippen LogP contribution is -2.51. The number of piperidine rings is 1. The fourth-order valence-electron chi connectivity index (χ4n) is 3.18. The summed E-state index contributed by atoms with van der Waals surface area (Å²) in [6.07, 6.45) is 6.80. The second kappa shape index (κ2) is 7.40. The van der Waals surface area contributed by atoms with Crippen molar-refractivity contribution in [3.63, 3.8) is 0 Å². The predicted molar refractivity (Wildman–Crippen MR) is 90.8 cm³/mol. The second-order valence-corrected chi connectivity index (χ2v) is 6.09. The van der Waals surface area contributed by atoms with Crippen LogP contribution >= 0.6 is 0 Å². The molecule has 1 aromatic heterocycles. The van der Waals surface area contributed by atoms with Crippen LogP contribution in [-0.2, 0) is 0 Å². The van der Waals surface area contributed by atoms with Crippen LogP contribution in [0.25, 0.3) is 0 Å². The van der Waals surface area contributed by atoms with E-state index in [1.54, 1.807) is 30.6 Å². The Balaban J connectivity index is 1.79. The van der Waals surface area contributed by atoms with Gasteiger partial charge in [0.2, 0.25) is 5.88 Å². The van der Waals surface area contributed by atoms with Gasteiger partial charge < -0.3 is 15.4 Å². The molecule has 126 valence electrons. The summed E-state index contributed by atoms with van der Waals surface area (Å²) < 4.78 is 5.66. The maximum atomic E-state index is 12.9. The molecule has 1 fully saturated rings. The topological polar surface area (TPSA) is 81.3 Å². The maximum Gasteiger partial charge on any atom is 0.254 e. The number of benzene rings is 1. The van der Waals surface area contributed by atoms with Gasteiger partial charge in [0.25, 0.3) is 5.91 Å². The standard InChI is InChI=1S/C18H22N4O2/c1-13-4-3-9-22(16(13)11-19)18(23)14-5-2-6-15(10-14)24-17-12-20-7-8-21-17/h2,5-8,10,12-13,16H,3-4,9,11,19H2,1H3/t13-,16-/m1/s1. The van der Waals surface area contributed by atoms with E-state index in [2.05, 4.69) is 16.9 Å². The van der Waals surface area contributed by atoms with Crippen LogP contribution in [0, 0.1) is 5.92 Å². The highest BCUT2D eigenvalue weighted by molar-refractivity contribution is 5.95. The zero-order valence-electron chi connectivity index (χ0n) is 13.8. The number of carbonyl (C=O) groups excluding carboxylic acids is 1. The van der Waals surface area contributed by atoms with Gasteiger partial charge in [-0.3, -0.25) is 9.78 Å². The molecule has 0 radical (unpaired) electrons. The molecule has 0 unspecified atom stereocenters. The summed E-state index contributed by atoms with van der Waals surface area (Å²) in [5, 5.41) is 0. The number of ether oxygens (including phenoxy) is 1. The number of nitrogens with two attached hydrogens (primary N) is 1. The van der Waals surface area contributed by atoms with E-state index >= 15 is 0 Å². The average Bonchev–Trinajstić information content (AvgIpc) is 2.62. The van der Waals surface area contributed by atoms with Crippen molar-refractivity contribution in [2.45, 2.75) is 25.8 Å². The van der Waals surface area contributed by atoms with Crippen molar-refractivity contribution in [3.8, 4) is 11.6 Å². The molecular formula is C18H22N4O2. The average molecular weight is 326 g/mol. The van der Waals surface area contributed by atoms with Gasteiger partial charge >= 0.3 is 0 Å². The number of nitrogens with zero attached hydrogens (tertiary/aromatic N) is 3. The van der Waals surface area contributed by atoms with Gasteiger partial charge in [0.1, 0.15) is 5.75 Å². The molecule has 1 saturated heterocycles. The zero-order chi connectivity index (χ0) is 16.9. The highest BCUT2D eigenvalue weighted by Gasteiger charge is 2.31. The van der Waals surface area contributed by atoms with Crippen LogP contribution in [0.2, 0.25) is 0 Å². The second-order valence-electron chi connectivity index (χ2n) is 6.09. The van der Waals surface area contributed by atoms with E-state index in [1.807, 2.05) is 11.0 Å². The summed E-state index contributed by atoms with van der Waals surface area (Å²) in [6, 6.07) is 7.24. The van der Waals surface area contributed by atoms with Crippen molar-refractivity contribution in [1.29, 1.82) is 0 Å². The molecule has 1 amide bonds. The Kier molecular flexibility index (Phi) is 5.05. The molecule has 2 N–H and O–H groups in total. The Hall–Kier alpha value is -2.47. The van der Waals surface area contributed by atoms with Crippen LogP contribution in [0.4, 0.5) is 0 Å². The van der Waals surface area contributed by atoms with Gasteiger partial charge in [-0.25, -0.2) is 4.98 Å². The van der Waals surface area contributed by atoms with E-state index in [9.17, 15) is 4.79 Å². The fourth-order valence-corrected chi connectivity index (χ4v) is 3.18. The summed E-state index contributed by atoms with van der Waals surface area (Å²) in [5.74, 6) is 1.39. The molecule has 0 spiro atoms. The van der Waals surface area contributed by atoms with Crippen LogP contribution in [0.5, 0.6) is 11.6 Å². The third-order valence-electron chi connectivity index (χ3n) is 4.46. The molecule has 2 aromatic rings. The largest absolute Gasteiger partial charge is 0.437 e. The van der Waals surface area contributed by atoms with Gasteiger partial charge in [0.05, 0.1) is 6.20 Å². The molecule has 1 aliphatic heterocycles. The Morgan fingerprint density at radius 3 is 3.04 bits per heavy atom. The Morgan fingerprint density at radius 1 is 1.42 bits per heavy atom. The third-order valence-corrected chi connectivity index (χ3v) is 4.46. The van der Waals surface area contributed by atoms with Crippen LogP contribution in [0.3, 0.4) is 0 Å². The molecule has 1 aromatic carbocycles. The summed E-state index contributed by atoms with van der Waals surface area (Å²) in [5.41, 5.74) is 6.50. The quantitative estimate of drug-likeness (QED) is 0.933. The molecule has 1 aliphatic rings. The number of hydrogen-bond acceptors (Lipinski definition) is 5. The monoisotopic (exact) mass is 326 g/mol. The van der Waals surface area contributed by atoms with E-state index < -0.39 is 0 Å². The predicted octanol–water partition coefficient (Wildman–Crippen LogP) is 2.47. The molecular weight excluding hydrogens is 304 g/mol. The molecule has 0 bridgehead atoms. The van der Waals surface area contributed by atoms with E-state index in [-0.39, 0.29) is 11.9 Å². The summed E-state index contributed by atoms with van der Waals surface area (Å²) in [7, 11) is 0. The first kappa shape index (κ1) is 16.4. The van der Waals surface area contributed by atoms with Crippen molar-refractivity contribution in [2.75, 3.05) is 13.1 Å². The fraction of sp³-hybridized carbons (Fsp3) is 0.389. The zero-order valence-corrected chi connectivity index (χ0v) is 13.8. The number of carbonyl (C=O) groups is 1. The molecule has 0 saturated carbocycles. The molecule has 6 nitrogen and oxygen atoms in total. The molecule has 0 aliphatic carbocycles. The summed E-state index contributed by atoms with van der Waals surface area (Å²) >= 11 is 0. The van der Waals surface area contributed by atoms with E-state index in [0.717, 1.165) is 19.4 Å². The number of likely N-dealkylation sites (tertiary alicyclic amines) is 1.